The van der Waals surface area contributed by atoms with Crippen LogP contribution in [-0.2, 0) is 20.7 Å². The van der Waals surface area contributed by atoms with Crippen LogP contribution in [0.5, 0.6) is 0 Å². The first-order valence-corrected chi connectivity index (χ1v) is 9.39. The van der Waals surface area contributed by atoms with Crippen molar-refractivity contribution in [1.29, 1.82) is 0 Å². The Kier molecular flexibility index (Phi) is 4.54. The summed E-state index contributed by atoms with van der Waals surface area (Å²) in [4.78, 5) is 24.3. The second-order valence-electron chi connectivity index (χ2n) is 6.43. The third-order valence-electron chi connectivity index (χ3n) is 4.82. The lowest BCUT2D eigenvalue weighted by Gasteiger charge is -2.37. The maximum absolute atomic E-state index is 12.7. The van der Waals surface area contributed by atoms with Crippen LogP contribution in [0.15, 0.2) is 24.5 Å². The molecule has 7 heteroatoms. The van der Waals surface area contributed by atoms with Crippen LogP contribution in [0.25, 0.3) is 10.6 Å². The highest BCUT2D eigenvalue weighted by molar-refractivity contribution is 7.15. The number of nitrogens with zero attached hydrogens (tertiary/aromatic N) is 3. The molecule has 0 aromatic carbocycles. The lowest BCUT2D eigenvalue weighted by molar-refractivity contribution is -0.187. The zero-order valence-corrected chi connectivity index (χ0v) is 15.1. The molecule has 1 spiro atoms. The molecule has 2 aliphatic heterocycles. The second kappa shape index (κ2) is 6.82. The van der Waals surface area contributed by atoms with Crippen LogP contribution >= 0.6 is 11.3 Å². The molecular formula is C18H21N3O3S. The van der Waals surface area contributed by atoms with Crippen LogP contribution in [-0.4, -0.2) is 52.9 Å². The predicted molar refractivity (Wildman–Crippen MR) is 94.2 cm³/mol. The van der Waals surface area contributed by atoms with Gasteiger partial charge in [0.15, 0.2) is 5.79 Å². The Morgan fingerprint density at radius 3 is 2.60 bits per heavy atom. The van der Waals surface area contributed by atoms with Gasteiger partial charge in [0.05, 0.1) is 25.3 Å². The van der Waals surface area contributed by atoms with Crippen LogP contribution < -0.4 is 0 Å². The lowest BCUT2D eigenvalue weighted by atomic mass is 10.0. The van der Waals surface area contributed by atoms with Gasteiger partial charge in [0, 0.05) is 48.8 Å². The Morgan fingerprint density at radius 1 is 1.24 bits per heavy atom. The van der Waals surface area contributed by atoms with Crippen LogP contribution in [0, 0.1) is 6.92 Å². The molecule has 0 saturated carbocycles. The lowest BCUT2D eigenvalue weighted by Crippen LogP contribution is -2.47. The average molecular weight is 359 g/mol. The number of likely N-dealkylation sites (tertiary alicyclic amines) is 1. The van der Waals surface area contributed by atoms with Gasteiger partial charge in [-0.2, -0.15) is 0 Å². The Morgan fingerprint density at radius 2 is 1.92 bits per heavy atom. The molecule has 2 fully saturated rings. The standard InChI is InChI=1S/C18H21N3O3S/c1-13-15(25-17(20-13)14-2-6-19-7-3-14)12-16(22)21-8-4-18(5-9-21)23-10-11-24-18/h2-3,6-7H,4-5,8-12H2,1H3. The second-order valence-corrected chi connectivity index (χ2v) is 7.51. The van der Waals surface area contributed by atoms with E-state index in [0.29, 0.717) is 32.7 Å². The van der Waals surface area contributed by atoms with E-state index in [1.54, 1.807) is 23.7 Å². The van der Waals surface area contributed by atoms with Gasteiger partial charge in [0.1, 0.15) is 5.01 Å². The fraction of sp³-hybridized carbons (Fsp3) is 0.500. The molecule has 25 heavy (non-hydrogen) atoms. The monoisotopic (exact) mass is 359 g/mol. The molecule has 0 atom stereocenters. The summed E-state index contributed by atoms with van der Waals surface area (Å²) < 4.78 is 11.5. The summed E-state index contributed by atoms with van der Waals surface area (Å²) in [5.74, 6) is -0.285. The number of hydrogen-bond acceptors (Lipinski definition) is 6. The van der Waals surface area contributed by atoms with Gasteiger partial charge in [-0.25, -0.2) is 4.98 Å². The van der Waals surface area contributed by atoms with Crippen LogP contribution in [0.2, 0.25) is 0 Å². The molecule has 4 heterocycles. The molecule has 2 aliphatic rings. The number of thiazole rings is 1. The van der Waals surface area contributed by atoms with Gasteiger partial charge >= 0.3 is 0 Å². The molecule has 0 radical (unpaired) electrons. The van der Waals surface area contributed by atoms with E-state index in [2.05, 4.69) is 9.97 Å². The Balaban J connectivity index is 1.41. The summed E-state index contributed by atoms with van der Waals surface area (Å²) in [7, 11) is 0. The summed E-state index contributed by atoms with van der Waals surface area (Å²) in [6.07, 6.45) is 5.43. The topological polar surface area (TPSA) is 64.6 Å². The molecule has 2 aromatic heterocycles. The van der Waals surface area contributed by atoms with E-state index in [-0.39, 0.29) is 5.91 Å². The van der Waals surface area contributed by atoms with Gasteiger partial charge in [0.25, 0.3) is 0 Å². The third-order valence-corrected chi connectivity index (χ3v) is 6.03. The van der Waals surface area contributed by atoms with E-state index in [9.17, 15) is 4.79 Å². The highest BCUT2D eigenvalue weighted by Gasteiger charge is 2.40. The largest absolute Gasteiger partial charge is 0.347 e. The minimum absolute atomic E-state index is 0.154. The molecule has 0 unspecified atom stereocenters. The highest BCUT2D eigenvalue weighted by atomic mass is 32.1. The third kappa shape index (κ3) is 3.44. The first kappa shape index (κ1) is 16.6. The summed E-state index contributed by atoms with van der Waals surface area (Å²) in [5, 5.41) is 0.938. The highest BCUT2D eigenvalue weighted by Crippen LogP contribution is 2.32. The van der Waals surface area contributed by atoms with Crippen molar-refractivity contribution in [3.8, 4) is 10.6 Å². The Hall–Kier alpha value is -1.83. The molecule has 0 N–H and O–H groups in total. The normalized spacial score (nSPS) is 19.5. The van der Waals surface area contributed by atoms with E-state index < -0.39 is 5.79 Å². The zero-order chi connectivity index (χ0) is 17.3. The molecule has 132 valence electrons. The number of aryl methyl sites for hydroxylation is 1. The summed E-state index contributed by atoms with van der Waals surface area (Å²) in [5.41, 5.74) is 1.97. The van der Waals surface area contributed by atoms with Gasteiger partial charge in [0.2, 0.25) is 5.91 Å². The van der Waals surface area contributed by atoms with Gasteiger partial charge in [-0.15, -0.1) is 11.3 Å². The predicted octanol–water partition coefficient (Wildman–Crippen LogP) is 2.42. The summed E-state index contributed by atoms with van der Waals surface area (Å²) in [6, 6.07) is 3.88. The Labute approximate surface area is 150 Å². The van der Waals surface area contributed by atoms with Crippen LogP contribution in [0.4, 0.5) is 0 Å². The summed E-state index contributed by atoms with van der Waals surface area (Å²) in [6.45, 7) is 4.66. The van der Waals surface area contributed by atoms with Gasteiger partial charge in [-0.1, -0.05) is 0 Å². The fourth-order valence-electron chi connectivity index (χ4n) is 3.34. The average Bonchev–Trinajstić information content (AvgIpc) is 3.24. The maximum atomic E-state index is 12.7. The molecule has 0 bridgehead atoms. The first-order chi connectivity index (χ1) is 12.2. The van der Waals surface area contributed by atoms with E-state index >= 15 is 0 Å². The van der Waals surface area contributed by atoms with Crippen molar-refractivity contribution < 1.29 is 14.3 Å². The number of hydrogen-bond donors (Lipinski definition) is 0. The minimum Gasteiger partial charge on any atom is -0.347 e. The number of rotatable bonds is 3. The quantitative estimate of drug-likeness (QED) is 0.842. The van der Waals surface area contributed by atoms with Crippen LogP contribution in [0.3, 0.4) is 0 Å². The molecule has 1 amide bonds. The fourth-order valence-corrected chi connectivity index (χ4v) is 4.40. The van der Waals surface area contributed by atoms with Crippen molar-refractivity contribution in [2.75, 3.05) is 26.3 Å². The number of aromatic nitrogens is 2. The number of carbonyl (C=O) groups excluding carboxylic acids is 1. The van der Waals surface area contributed by atoms with E-state index in [1.165, 1.54) is 0 Å². The first-order valence-electron chi connectivity index (χ1n) is 8.58. The molecular weight excluding hydrogens is 338 g/mol. The van der Waals surface area contributed by atoms with Crippen molar-refractivity contribution in [3.05, 3.63) is 35.1 Å². The minimum atomic E-state index is -0.439. The van der Waals surface area contributed by atoms with Crippen molar-refractivity contribution in [2.45, 2.75) is 32.0 Å². The summed E-state index contributed by atoms with van der Waals surface area (Å²) >= 11 is 1.59. The van der Waals surface area contributed by atoms with Crippen molar-refractivity contribution in [2.24, 2.45) is 0 Å². The van der Waals surface area contributed by atoms with E-state index in [0.717, 1.165) is 34.0 Å². The van der Waals surface area contributed by atoms with Gasteiger partial charge in [-0.3, -0.25) is 9.78 Å². The Bertz CT molecular complexity index is 746. The van der Waals surface area contributed by atoms with Crippen LogP contribution in [0.1, 0.15) is 23.4 Å². The number of pyridine rings is 1. The number of carbonyl (C=O) groups is 1. The smallest absolute Gasteiger partial charge is 0.227 e. The molecule has 0 aliphatic carbocycles. The molecule has 4 rings (SSSR count). The SMILES string of the molecule is Cc1nc(-c2ccncc2)sc1CC(=O)N1CCC2(CC1)OCCO2. The molecule has 2 aromatic rings. The molecule has 6 nitrogen and oxygen atoms in total. The van der Waals surface area contributed by atoms with E-state index in [1.807, 2.05) is 24.0 Å². The van der Waals surface area contributed by atoms with Crippen molar-refractivity contribution in [1.82, 2.24) is 14.9 Å². The number of piperidine rings is 1. The molecule has 2 saturated heterocycles. The van der Waals surface area contributed by atoms with Crippen molar-refractivity contribution in [3.63, 3.8) is 0 Å². The van der Waals surface area contributed by atoms with E-state index in [4.69, 9.17) is 9.47 Å². The van der Waals surface area contributed by atoms with Gasteiger partial charge < -0.3 is 14.4 Å². The van der Waals surface area contributed by atoms with Gasteiger partial charge in [-0.05, 0) is 19.1 Å². The number of ether oxygens (including phenoxy) is 2. The van der Waals surface area contributed by atoms with Crippen molar-refractivity contribution >= 4 is 17.2 Å². The zero-order valence-electron chi connectivity index (χ0n) is 14.2. The maximum Gasteiger partial charge on any atom is 0.227 e. The number of amides is 1.